The summed E-state index contributed by atoms with van der Waals surface area (Å²) in [7, 11) is 0. The topological polar surface area (TPSA) is 112 Å². The van der Waals surface area contributed by atoms with Crippen LogP contribution < -0.4 is 0 Å². The molecule has 0 fully saturated rings. The third-order valence-electron chi connectivity index (χ3n) is 2.80. The molecule has 0 saturated heterocycles. The zero-order valence-electron chi connectivity index (χ0n) is 9.75. The van der Waals surface area contributed by atoms with Crippen molar-refractivity contribution >= 4 is 44.6 Å². The van der Waals surface area contributed by atoms with Crippen LogP contribution in [0.3, 0.4) is 0 Å². The van der Waals surface area contributed by atoms with E-state index in [9.17, 15) is 14.4 Å². The van der Waals surface area contributed by atoms with Gasteiger partial charge in [0.2, 0.25) is 0 Å². The van der Waals surface area contributed by atoms with E-state index in [4.69, 9.17) is 15.3 Å². The lowest BCUT2D eigenvalue weighted by Gasteiger charge is -2.10. The summed E-state index contributed by atoms with van der Waals surface area (Å²) in [6.45, 7) is 0. The number of fused-ring (bicyclic) bond motifs is 1. The predicted molar refractivity (Wildman–Crippen MR) is 72.5 cm³/mol. The van der Waals surface area contributed by atoms with E-state index in [0.717, 1.165) is 12.1 Å². The Morgan fingerprint density at radius 2 is 1.05 bits per heavy atom. The van der Waals surface area contributed by atoms with Crippen molar-refractivity contribution in [2.45, 2.75) is 0 Å². The van der Waals surface area contributed by atoms with E-state index in [1.165, 1.54) is 12.1 Å². The molecule has 0 saturated carbocycles. The van der Waals surface area contributed by atoms with Crippen LogP contribution in [0.25, 0.3) is 10.8 Å². The highest BCUT2D eigenvalue weighted by molar-refractivity contribution is 9.10. The second-order valence-corrected chi connectivity index (χ2v) is 4.78. The van der Waals surface area contributed by atoms with Crippen molar-refractivity contribution in [1.82, 2.24) is 0 Å². The van der Waals surface area contributed by atoms with E-state index in [0.29, 0.717) is 4.47 Å². The first-order chi connectivity index (χ1) is 9.34. The number of carboxylic acids is 3. The van der Waals surface area contributed by atoms with Crippen LogP contribution in [0.4, 0.5) is 0 Å². The summed E-state index contributed by atoms with van der Waals surface area (Å²) in [4.78, 5) is 33.7. The van der Waals surface area contributed by atoms with Gasteiger partial charge in [0.25, 0.3) is 0 Å². The monoisotopic (exact) mass is 338 g/mol. The van der Waals surface area contributed by atoms with Gasteiger partial charge in [0, 0.05) is 15.2 Å². The summed E-state index contributed by atoms with van der Waals surface area (Å²) in [5.74, 6) is -3.92. The molecular weight excluding hydrogens is 332 g/mol. The van der Waals surface area contributed by atoms with Crippen molar-refractivity contribution in [2.24, 2.45) is 0 Å². The van der Waals surface area contributed by atoms with E-state index in [-0.39, 0.29) is 27.5 Å². The molecule has 0 spiro atoms. The normalized spacial score (nSPS) is 10.4. The first-order valence-electron chi connectivity index (χ1n) is 5.29. The number of benzene rings is 2. The Morgan fingerprint density at radius 1 is 0.700 bits per heavy atom. The molecule has 102 valence electrons. The minimum absolute atomic E-state index is 0.0531. The van der Waals surface area contributed by atoms with Gasteiger partial charge in [-0.25, -0.2) is 14.4 Å². The SMILES string of the molecule is O=C(O)c1ccc(C(=O)O)c2c(C(=O)O)ccc(Br)c12. The van der Waals surface area contributed by atoms with E-state index in [1.54, 1.807) is 0 Å². The Hall–Kier alpha value is -2.41. The maximum atomic E-state index is 11.2. The minimum atomic E-state index is -1.33. The van der Waals surface area contributed by atoms with Crippen LogP contribution in [0.5, 0.6) is 0 Å². The Bertz CT molecular complexity index is 745. The molecule has 0 unspecified atom stereocenters. The lowest BCUT2D eigenvalue weighted by atomic mass is 9.95. The number of hydrogen-bond acceptors (Lipinski definition) is 3. The molecule has 0 aliphatic heterocycles. The van der Waals surface area contributed by atoms with Crippen LogP contribution in [0.15, 0.2) is 28.7 Å². The number of carbonyl (C=O) groups is 3. The number of carboxylic acid groups (broad SMARTS) is 3. The van der Waals surface area contributed by atoms with Gasteiger partial charge in [-0.15, -0.1) is 0 Å². The highest BCUT2D eigenvalue weighted by Crippen LogP contribution is 2.33. The molecule has 20 heavy (non-hydrogen) atoms. The quantitative estimate of drug-likeness (QED) is 0.793. The maximum Gasteiger partial charge on any atom is 0.336 e. The standard InChI is InChI=1S/C13H7BrO6/c14-8-4-3-6(12(17)18)9-5(11(15)16)1-2-7(10(8)9)13(19)20/h1-4H,(H,15,16)(H,17,18)(H,19,20). The molecule has 0 amide bonds. The van der Waals surface area contributed by atoms with E-state index in [2.05, 4.69) is 15.9 Å². The Kier molecular flexibility index (Phi) is 3.46. The molecular formula is C13H7BrO6. The molecule has 2 aromatic rings. The Balaban J connectivity index is 3.10. The average molecular weight is 339 g/mol. The van der Waals surface area contributed by atoms with E-state index in [1.807, 2.05) is 0 Å². The molecule has 0 aromatic heterocycles. The van der Waals surface area contributed by atoms with Crippen molar-refractivity contribution in [3.63, 3.8) is 0 Å². The fourth-order valence-corrected chi connectivity index (χ4v) is 2.53. The number of hydrogen-bond donors (Lipinski definition) is 3. The van der Waals surface area contributed by atoms with Gasteiger partial charge >= 0.3 is 17.9 Å². The van der Waals surface area contributed by atoms with Gasteiger partial charge in [0.1, 0.15) is 0 Å². The van der Waals surface area contributed by atoms with Gasteiger partial charge in [-0.1, -0.05) is 15.9 Å². The average Bonchev–Trinajstić information content (AvgIpc) is 2.37. The number of rotatable bonds is 3. The highest BCUT2D eigenvalue weighted by atomic mass is 79.9. The second-order valence-electron chi connectivity index (χ2n) is 3.92. The van der Waals surface area contributed by atoms with Crippen LogP contribution in [0, 0.1) is 0 Å². The summed E-state index contributed by atoms with van der Waals surface area (Å²) in [5.41, 5.74) is -0.688. The molecule has 2 aromatic carbocycles. The van der Waals surface area contributed by atoms with Crippen LogP contribution in [-0.4, -0.2) is 33.2 Å². The predicted octanol–water partition coefficient (Wildman–Crippen LogP) is 2.70. The third kappa shape index (κ3) is 2.12. The largest absolute Gasteiger partial charge is 0.478 e. The zero-order valence-corrected chi connectivity index (χ0v) is 11.3. The fourth-order valence-electron chi connectivity index (χ4n) is 1.99. The summed E-state index contributed by atoms with van der Waals surface area (Å²) in [6, 6.07) is 4.84. The van der Waals surface area contributed by atoms with Crippen molar-refractivity contribution in [2.75, 3.05) is 0 Å². The summed E-state index contributed by atoms with van der Waals surface area (Å²) >= 11 is 3.13. The van der Waals surface area contributed by atoms with Gasteiger partial charge in [-0.05, 0) is 24.3 Å². The Labute approximate surface area is 120 Å². The smallest absolute Gasteiger partial charge is 0.336 e. The van der Waals surface area contributed by atoms with Crippen LogP contribution >= 0.6 is 15.9 Å². The molecule has 0 radical (unpaired) electrons. The lowest BCUT2D eigenvalue weighted by molar-refractivity contribution is 0.0681. The first-order valence-corrected chi connectivity index (χ1v) is 6.09. The zero-order chi connectivity index (χ0) is 15.0. The second kappa shape index (κ2) is 4.93. The maximum absolute atomic E-state index is 11.2. The highest BCUT2D eigenvalue weighted by Gasteiger charge is 2.22. The van der Waals surface area contributed by atoms with Crippen molar-refractivity contribution in [3.8, 4) is 0 Å². The first kappa shape index (κ1) is 14.0. The number of aromatic carboxylic acids is 3. The molecule has 0 aliphatic carbocycles. The van der Waals surface area contributed by atoms with Crippen molar-refractivity contribution < 1.29 is 29.7 Å². The summed E-state index contributed by atoms with van der Waals surface area (Å²) < 4.78 is 0.318. The summed E-state index contributed by atoms with van der Waals surface area (Å²) in [6.07, 6.45) is 0. The molecule has 0 aliphatic rings. The van der Waals surface area contributed by atoms with E-state index >= 15 is 0 Å². The van der Waals surface area contributed by atoms with Gasteiger partial charge < -0.3 is 15.3 Å². The van der Waals surface area contributed by atoms with Crippen LogP contribution in [0.2, 0.25) is 0 Å². The van der Waals surface area contributed by atoms with Gasteiger partial charge in [-0.2, -0.15) is 0 Å². The third-order valence-corrected chi connectivity index (χ3v) is 3.46. The molecule has 3 N–H and O–H groups in total. The minimum Gasteiger partial charge on any atom is -0.478 e. The molecule has 0 heterocycles. The molecule has 6 nitrogen and oxygen atoms in total. The van der Waals surface area contributed by atoms with Crippen molar-refractivity contribution in [3.05, 3.63) is 45.4 Å². The molecule has 0 atom stereocenters. The van der Waals surface area contributed by atoms with Crippen LogP contribution in [0.1, 0.15) is 31.1 Å². The molecule has 7 heteroatoms. The van der Waals surface area contributed by atoms with Crippen LogP contribution in [-0.2, 0) is 0 Å². The molecule has 2 rings (SSSR count). The summed E-state index contributed by atoms with van der Waals surface area (Å²) in [5, 5.41) is 27.4. The van der Waals surface area contributed by atoms with Gasteiger partial charge in [-0.3, -0.25) is 0 Å². The van der Waals surface area contributed by atoms with Gasteiger partial charge in [0.15, 0.2) is 0 Å². The number of halogens is 1. The molecule has 0 bridgehead atoms. The van der Waals surface area contributed by atoms with Gasteiger partial charge in [0.05, 0.1) is 16.7 Å². The Morgan fingerprint density at radius 3 is 1.45 bits per heavy atom. The fraction of sp³-hybridized carbons (Fsp3) is 0. The van der Waals surface area contributed by atoms with E-state index < -0.39 is 17.9 Å². The lowest BCUT2D eigenvalue weighted by Crippen LogP contribution is -2.08. The van der Waals surface area contributed by atoms with Crippen molar-refractivity contribution in [1.29, 1.82) is 0 Å².